The number of halogens is 4. The van der Waals surface area contributed by atoms with Gasteiger partial charge in [-0.25, -0.2) is 4.79 Å². The number of hydrogen-bond acceptors (Lipinski definition) is 4. The van der Waals surface area contributed by atoms with E-state index in [1.807, 2.05) is 0 Å². The number of rotatable bonds is 3. The van der Waals surface area contributed by atoms with Crippen LogP contribution in [0.4, 0.5) is 13.2 Å². The molecule has 19 heavy (non-hydrogen) atoms. The van der Waals surface area contributed by atoms with Crippen molar-refractivity contribution in [2.45, 2.75) is 18.4 Å². The predicted molar refractivity (Wildman–Crippen MR) is 62.1 cm³/mol. The van der Waals surface area contributed by atoms with Gasteiger partial charge in [-0.15, -0.1) is 0 Å². The highest BCUT2D eigenvalue weighted by Gasteiger charge is 2.38. The second-order valence-corrected chi connectivity index (χ2v) is 4.56. The molecular formula is C11H10BrF3O4. The molecule has 0 spiro atoms. The van der Waals surface area contributed by atoms with E-state index >= 15 is 0 Å². The minimum atomic E-state index is -4.73. The number of methoxy groups -OCH3 is 1. The first-order valence-electron chi connectivity index (χ1n) is 4.99. The van der Waals surface area contributed by atoms with Gasteiger partial charge in [-0.3, -0.25) is 0 Å². The van der Waals surface area contributed by atoms with Gasteiger partial charge in [0.25, 0.3) is 0 Å². The summed E-state index contributed by atoms with van der Waals surface area (Å²) in [4.78, 5) is 11.0. The van der Waals surface area contributed by atoms with Crippen LogP contribution in [0, 0.1) is 0 Å². The van der Waals surface area contributed by atoms with E-state index in [-0.39, 0.29) is 4.47 Å². The molecule has 2 atom stereocenters. The largest absolute Gasteiger partial charge is 0.467 e. The van der Waals surface area contributed by atoms with Gasteiger partial charge in [0.05, 0.1) is 12.7 Å². The van der Waals surface area contributed by atoms with Crippen LogP contribution in [0.2, 0.25) is 0 Å². The summed E-state index contributed by atoms with van der Waals surface area (Å²) in [5.41, 5.74) is -1.74. The van der Waals surface area contributed by atoms with Crippen molar-refractivity contribution in [3.05, 3.63) is 33.8 Å². The molecular weight excluding hydrogens is 333 g/mol. The summed E-state index contributed by atoms with van der Waals surface area (Å²) in [7, 11) is 0.949. The van der Waals surface area contributed by atoms with Crippen molar-refractivity contribution in [2.24, 2.45) is 0 Å². The Bertz CT molecular complexity index is 475. The molecule has 1 aromatic rings. The average Bonchev–Trinajstić information content (AvgIpc) is 2.35. The molecule has 4 nitrogen and oxygen atoms in total. The lowest BCUT2D eigenvalue weighted by Crippen LogP contribution is -2.30. The highest BCUT2D eigenvalue weighted by atomic mass is 79.9. The zero-order chi connectivity index (χ0) is 14.8. The first kappa shape index (κ1) is 15.9. The summed E-state index contributed by atoms with van der Waals surface area (Å²) < 4.78 is 42.7. The van der Waals surface area contributed by atoms with Crippen LogP contribution in [0.1, 0.15) is 17.2 Å². The lowest BCUT2D eigenvalue weighted by Gasteiger charge is -2.20. The predicted octanol–water partition coefficient (Wildman–Crippen LogP) is 2.04. The van der Waals surface area contributed by atoms with Crippen LogP contribution in [0.3, 0.4) is 0 Å². The molecule has 1 aromatic carbocycles. The molecule has 1 rings (SSSR count). The number of carbonyl (C=O) groups is 1. The van der Waals surface area contributed by atoms with Gasteiger partial charge >= 0.3 is 12.1 Å². The number of benzene rings is 1. The van der Waals surface area contributed by atoms with E-state index in [0.717, 1.165) is 19.2 Å². The number of hydrogen-bond donors (Lipinski definition) is 2. The molecule has 0 amide bonds. The summed E-state index contributed by atoms with van der Waals surface area (Å²) in [6.45, 7) is 0. The molecule has 8 heteroatoms. The molecule has 0 radical (unpaired) electrons. The van der Waals surface area contributed by atoms with Gasteiger partial charge in [-0.05, 0) is 17.7 Å². The van der Waals surface area contributed by atoms with Crippen molar-refractivity contribution in [3.63, 3.8) is 0 Å². The zero-order valence-corrected chi connectivity index (χ0v) is 11.2. The highest BCUT2D eigenvalue weighted by molar-refractivity contribution is 9.10. The Balaban J connectivity index is 3.23. The van der Waals surface area contributed by atoms with Gasteiger partial charge < -0.3 is 14.9 Å². The Morgan fingerprint density at radius 1 is 1.37 bits per heavy atom. The third kappa shape index (κ3) is 3.68. The lowest BCUT2D eigenvalue weighted by atomic mass is 9.98. The second-order valence-electron chi connectivity index (χ2n) is 3.64. The molecule has 0 fully saturated rings. The van der Waals surface area contributed by atoms with E-state index < -0.39 is 35.5 Å². The minimum absolute atomic E-state index is 0.156. The van der Waals surface area contributed by atoms with Gasteiger partial charge in [0, 0.05) is 4.47 Å². The standard InChI is InChI=1S/C11H10BrF3O4/c1-19-10(18)9(17)8(16)6-3-2-5(12)4-7(6)11(13,14)15/h2-4,8-9,16-17H,1H3. The molecule has 2 unspecified atom stereocenters. The van der Waals surface area contributed by atoms with E-state index in [2.05, 4.69) is 20.7 Å². The summed E-state index contributed by atoms with van der Waals surface area (Å²) in [6.07, 6.45) is -8.85. The van der Waals surface area contributed by atoms with E-state index in [1.165, 1.54) is 6.07 Å². The summed E-state index contributed by atoms with van der Waals surface area (Å²) in [6, 6.07) is 2.99. The van der Waals surface area contributed by atoms with Crippen molar-refractivity contribution >= 4 is 21.9 Å². The first-order chi connectivity index (χ1) is 8.68. The quantitative estimate of drug-likeness (QED) is 0.825. The number of ether oxygens (including phenoxy) is 1. The molecule has 0 bridgehead atoms. The maximum absolute atomic E-state index is 12.8. The zero-order valence-electron chi connectivity index (χ0n) is 9.61. The monoisotopic (exact) mass is 342 g/mol. The fraction of sp³-hybridized carbons (Fsp3) is 0.364. The molecule has 0 aromatic heterocycles. The Hall–Kier alpha value is -1.12. The lowest BCUT2D eigenvalue weighted by molar-refractivity contribution is -0.158. The maximum atomic E-state index is 12.8. The maximum Gasteiger partial charge on any atom is 0.416 e. The third-order valence-electron chi connectivity index (χ3n) is 2.38. The summed E-state index contributed by atoms with van der Waals surface area (Å²) in [5.74, 6) is -1.22. The minimum Gasteiger partial charge on any atom is -0.467 e. The Morgan fingerprint density at radius 2 is 1.95 bits per heavy atom. The van der Waals surface area contributed by atoms with Crippen molar-refractivity contribution in [1.82, 2.24) is 0 Å². The fourth-order valence-electron chi connectivity index (χ4n) is 1.45. The van der Waals surface area contributed by atoms with Crippen LogP contribution in [0.25, 0.3) is 0 Å². The second kappa shape index (κ2) is 5.89. The van der Waals surface area contributed by atoms with Gasteiger partial charge in [-0.1, -0.05) is 22.0 Å². The van der Waals surface area contributed by atoms with Crippen molar-refractivity contribution in [1.29, 1.82) is 0 Å². The van der Waals surface area contributed by atoms with E-state index in [0.29, 0.717) is 0 Å². The third-order valence-corrected chi connectivity index (χ3v) is 2.87. The van der Waals surface area contributed by atoms with Crippen LogP contribution >= 0.6 is 15.9 Å². The molecule has 0 saturated carbocycles. The highest BCUT2D eigenvalue weighted by Crippen LogP contribution is 2.37. The Labute approximate surface area is 114 Å². The topological polar surface area (TPSA) is 66.8 Å². The normalized spacial score (nSPS) is 14.9. The first-order valence-corrected chi connectivity index (χ1v) is 5.78. The van der Waals surface area contributed by atoms with Gasteiger partial charge in [0.2, 0.25) is 0 Å². The van der Waals surface area contributed by atoms with Gasteiger partial charge in [0.1, 0.15) is 6.10 Å². The van der Waals surface area contributed by atoms with E-state index in [1.54, 1.807) is 0 Å². The van der Waals surface area contributed by atoms with Crippen molar-refractivity contribution < 1.29 is 32.9 Å². The van der Waals surface area contributed by atoms with Crippen LogP contribution < -0.4 is 0 Å². The van der Waals surface area contributed by atoms with Gasteiger partial charge in [0.15, 0.2) is 6.10 Å². The molecule has 0 aliphatic heterocycles. The summed E-state index contributed by atoms with van der Waals surface area (Å²) >= 11 is 2.88. The van der Waals surface area contributed by atoms with Crippen molar-refractivity contribution in [3.8, 4) is 0 Å². The molecule has 106 valence electrons. The molecule has 0 aliphatic carbocycles. The van der Waals surface area contributed by atoms with E-state index in [9.17, 15) is 28.2 Å². The molecule has 0 aliphatic rings. The Morgan fingerprint density at radius 3 is 2.42 bits per heavy atom. The van der Waals surface area contributed by atoms with Crippen molar-refractivity contribution in [2.75, 3.05) is 7.11 Å². The number of aliphatic hydroxyl groups is 2. The van der Waals surface area contributed by atoms with Crippen LogP contribution in [0.5, 0.6) is 0 Å². The van der Waals surface area contributed by atoms with Crippen LogP contribution in [0.15, 0.2) is 22.7 Å². The number of esters is 1. The molecule has 0 saturated heterocycles. The number of alkyl halides is 3. The fourth-order valence-corrected chi connectivity index (χ4v) is 1.81. The van der Waals surface area contributed by atoms with Crippen LogP contribution in [-0.4, -0.2) is 29.4 Å². The SMILES string of the molecule is COC(=O)C(O)C(O)c1ccc(Br)cc1C(F)(F)F. The average molecular weight is 343 g/mol. The molecule has 2 N–H and O–H groups in total. The number of aliphatic hydroxyl groups excluding tert-OH is 2. The van der Waals surface area contributed by atoms with Gasteiger partial charge in [-0.2, -0.15) is 13.2 Å². The van der Waals surface area contributed by atoms with Crippen LogP contribution in [-0.2, 0) is 15.7 Å². The smallest absolute Gasteiger partial charge is 0.416 e. The summed E-state index contributed by atoms with van der Waals surface area (Å²) in [5, 5.41) is 19.1. The molecule has 0 heterocycles. The number of carbonyl (C=O) groups excluding carboxylic acids is 1. The Kier molecular flexibility index (Phi) is 4.94. The van der Waals surface area contributed by atoms with E-state index in [4.69, 9.17) is 0 Å².